The molecule has 0 amide bonds. The third-order valence-electron chi connectivity index (χ3n) is 3.67. The molecule has 1 fully saturated rings. The van der Waals surface area contributed by atoms with Crippen molar-refractivity contribution in [1.82, 2.24) is 0 Å². The molecule has 19 heavy (non-hydrogen) atoms. The number of sulfone groups is 1. The molecule has 0 radical (unpaired) electrons. The topological polar surface area (TPSA) is 71.4 Å². The normalized spacial score (nSPS) is 17.1. The summed E-state index contributed by atoms with van der Waals surface area (Å²) < 4.78 is 22.2. The molecule has 0 atom stereocenters. The summed E-state index contributed by atoms with van der Waals surface area (Å²) in [6.07, 6.45) is 3.75. The number of benzene rings is 1. The van der Waals surface area contributed by atoms with E-state index in [-0.39, 0.29) is 17.6 Å². The van der Waals surface area contributed by atoms with E-state index in [1.807, 2.05) is 24.3 Å². The molecule has 1 aromatic rings. The molecule has 5 heteroatoms. The third kappa shape index (κ3) is 3.80. The fourth-order valence-corrected chi connectivity index (χ4v) is 2.94. The van der Waals surface area contributed by atoms with Crippen molar-refractivity contribution in [1.29, 1.82) is 0 Å². The Labute approximate surface area is 113 Å². The van der Waals surface area contributed by atoms with Crippen LogP contribution in [0.3, 0.4) is 0 Å². The highest BCUT2D eigenvalue weighted by atomic mass is 32.2. The van der Waals surface area contributed by atoms with Gasteiger partial charge in [0.25, 0.3) is 0 Å². The summed E-state index contributed by atoms with van der Waals surface area (Å²) in [5.41, 5.74) is 1.85. The van der Waals surface area contributed by atoms with Crippen LogP contribution in [-0.4, -0.2) is 31.5 Å². The summed E-state index contributed by atoms with van der Waals surface area (Å²) in [5.74, 6) is -0.620. The van der Waals surface area contributed by atoms with Gasteiger partial charge in [-0.2, -0.15) is 0 Å². The number of carboxylic acid groups (broad SMARTS) is 1. The maximum atomic E-state index is 11.1. The van der Waals surface area contributed by atoms with Crippen LogP contribution in [0, 0.1) is 0 Å². The molecule has 1 N–H and O–H groups in total. The van der Waals surface area contributed by atoms with E-state index in [2.05, 4.69) is 0 Å². The second-order valence-electron chi connectivity index (χ2n) is 5.43. The summed E-state index contributed by atoms with van der Waals surface area (Å²) in [4.78, 5) is 10.8. The third-order valence-corrected chi connectivity index (χ3v) is 4.62. The Bertz CT molecular complexity index is 568. The minimum atomic E-state index is -2.94. The van der Waals surface area contributed by atoms with Gasteiger partial charge in [0.1, 0.15) is 9.84 Å². The number of hydrogen-bond donors (Lipinski definition) is 1. The van der Waals surface area contributed by atoms with Crippen LogP contribution >= 0.6 is 0 Å². The second kappa shape index (κ2) is 4.96. The Balaban J connectivity index is 2.05. The summed E-state index contributed by atoms with van der Waals surface area (Å²) in [5, 5.41) is 8.91. The molecule has 1 saturated carbocycles. The molecule has 0 saturated heterocycles. The van der Waals surface area contributed by atoms with E-state index in [4.69, 9.17) is 5.11 Å². The molecule has 0 aromatic heterocycles. The minimum absolute atomic E-state index is 0.145. The molecule has 0 unspecified atom stereocenters. The van der Waals surface area contributed by atoms with E-state index in [1.165, 1.54) is 6.26 Å². The lowest BCUT2D eigenvalue weighted by Gasteiger charge is -2.13. The van der Waals surface area contributed by atoms with Gasteiger partial charge in [-0.15, -0.1) is 0 Å². The SMILES string of the molecule is CS(=O)(=O)CCc1ccc(C2(CC(=O)O)CC2)cc1. The summed E-state index contributed by atoms with van der Waals surface area (Å²) in [7, 11) is -2.94. The largest absolute Gasteiger partial charge is 0.481 e. The first kappa shape index (κ1) is 14.1. The van der Waals surface area contributed by atoms with Crippen LogP contribution in [0.5, 0.6) is 0 Å². The van der Waals surface area contributed by atoms with Crippen molar-refractivity contribution in [2.45, 2.75) is 31.1 Å². The highest BCUT2D eigenvalue weighted by molar-refractivity contribution is 7.90. The van der Waals surface area contributed by atoms with Crippen LogP contribution in [0.15, 0.2) is 24.3 Å². The van der Waals surface area contributed by atoms with Crippen LogP contribution in [0.1, 0.15) is 30.4 Å². The van der Waals surface area contributed by atoms with Crippen molar-refractivity contribution in [2.75, 3.05) is 12.0 Å². The van der Waals surface area contributed by atoms with Crippen LogP contribution in [-0.2, 0) is 26.5 Å². The molecular weight excluding hydrogens is 264 g/mol. The van der Waals surface area contributed by atoms with Gasteiger partial charge in [-0.3, -0.25) is 4.79 Å². The molecule has 104 valence electrons. The fourth-order valence-electron chi connectivity index (χ4n) is 2.34. The average molecular weight is 282 g/mol. The molecule has 0 aliphatic heterocycles. The molecule has 1 aromatic carbocycles. The quantitative estimate of drug-likeness (QED) is 0.863. The van der Waals surface area contributed by atoms with Gasteiger partial charge in [0, 0.05) is 11.7 Å². The van der Waals surface area contributed by atoms with Gasteiger partial charge in [0.2, 0.25) is 0 Å². The summed E-state index contributed by atoms with van der Waals surface area (Å²) >= 11 is 0. The van der Waals surface area contributed by atoms with Gasteiger partial charge in [0.15, 0.2) is 0 Å². The van der Waals surface area contributed by atoms with E-state index in [1.54, 1.807) is 0 Å². The number of hydrogen-bond acceptors (Lipinski definition) is 3. The number of aliphatic carboxylic acids is 1. The number of carboxylic acids is 1. The lowest BCUT2D eigenvalue weighted by Crippen LogP contribution is -2.13. The second-order valence-corrected chi connectivity index (χ2v) is 7.69. The van der Waals surface area contributed by atoms with Crippen molar-refractivity contribution in [3.63, 3.8) is 0 Å². The lowest BCUT2D eigenvalue weighted by molar-refractivity contribution is -0.137. The molecular formula is C14H18O4S. The lowest BCUT2D eigenvalue weighted by atomic mass is 9.91. The van der Waals surface area contributed by atoms with Crippen molar-refractivity contribution >= 4 is 15.8 Å². The van der Waals surface area contributed by atoms with Crippen molar-refractivity contribution < 1.29 is 18.3 Å². The predicted octanol–water partition coefficient (Wildman–Crippen LogP) is 1.78. The van der Waals surface area contributed by atoms with Crippen LogP contribution in [0.4, 0.5) is 0 Å². The standard InChI is InChI=1S/C14H18O4S/c1-19(17,18)9-6-11-2-4-12(5-3-11)14(7-8-14)10-13(15)16/h2-5H,6-10H2,1H3,(H,15,16). The zero-order valence-electron chi connectivity index (χ0n) is 10.9. The Hall–Kier alpha value is -1.36. The van der Waals surface area contributed by atoms with Gasteiger partial charge < -0.3 is 5.11 Å². The molecule has 4 nitrogen and oxygen atoms in total. The Morgan fingerprint density at radius 2 is 1.84 bits per heavy atom. The van der Waals surface area contributed by atoms with Crippen molar-refractivity contribution in [2.24, 2.45) is 0 Å². The number of aryl methyl sites for hydroxylation is 1. The van der Waals surface area contributed by atoms with Gasteiger partial charge >= 0.3 is 5.97 Å². The van der Waals surface area contributed by atoms with Crippen LogP contribution in [0.25, 0.3) is 0 Å². The number of carbonyl (C=O) groups is 1. The Morgan fingerprint density at radius 1 is 1.26 bits per heavy atom. The Kier molecular flexibility index (Phi) is 3.67. The first-order valence-electron chi connectivity index (χ1n) is 6.30. The molecule has 2 rings (SSSR count). The van der Waals surface area contributed by atoms with Crippen molar-refractivity contribution in [3.8, 4) is 0 Å². The highest BCUT2D eigenvalue weighted by Crippen LogP contribution is 2.50. The minimum Gasteiger partial charge on any atom is -0.481 e. The smallest absolute Gasteiger partial charge is 0.304 e. The first-order valence-corrected chi connectivity index (χ1v) is 8.36. The average Bonchev–Trinajstić information content (AvgIpc) is 3.06. The number of rotatable bonds is 6. The van der Waals surface area contributed by atoms with Crippen LogP contribution in [0.2, 0.25) is 0 Å². The van der Waals surface area contributed by atoms with Gasteiger partial charge in [0.05, 0.1) is 12.2 Å². The zero-order chi connectivity index (χ0) is 14.1. The first-order chi connectivity index (χ1) is 8.81. The van der Waals surface area contributed by atoms with E-state index in [0.29, 0.717) is 6.42 Å². The van der Waals surface area contributed by atoms with E-state index in [0.717, 1.165) is 24.0 Å². The van der Waals surface area contributed by atoms with Crippen molar-refractivity contribution in [3.05, 3.63) is 35.4 Å². The highest BCUT2D eigenvalue weighted by Gasteiger charge is 2.45. The van der Waals surface area contributed by atoms with E-state index < -0.39 is 15.8 Å². The van der Waals surface area contributed by atoms with E-state index >= 15 is 0 Å². The van der Waals surface area contributed by atoms with Gasteiger partial charge in [-0.1, -0.05) is 24.3 Å². The van der Waals surface area contributed by atoms with Gasteiger partial charge in [-0.05, 0) is 30.4 Å². The summed E-state index contributed by atoms with van der Waals surface area (Å²) in [6.45, 7) is 0. The molecule has 0 spiro atoms. The maximum absolute atomic E-state index is 11.1. The summed E-state index contributed by atoms with van der Waals surface area (Å²) in [6, 6.07) is 7.69. The van der Waals surface area contributed by atoms with E-state index in [9.17, 15) is 13.2 Å². The molecule has 0 heterocycles. The molecule has 0 bridgehead atoms. The van der Waals surface area contributed by atoms with Gasteiger partial charge in [-0.25, -0.2) is 8.42 Å². The maximum Gasteiger partial charge on any atom is 0.304 e. The fraction of sp³-hybridized carbons (Fsp3) is 0.500. The van der Waals surface area contributed by atoms with Crippen LogP contribution < -0.4 is 0 Å². The monoisotopic (exact) mass is 282 g/mol. The zero-order valence-corrected chi connectivity index (χ0v) is 11.7. The predicted molar refractivity (Wildman–Crippen MR) is 73.0 cm³/mol. The Morgan fingerprint density at radius 3 is 2.26 bits per heavy atom. The molecule has 1 aliphatic carbocycles. The molecule has 1 aliphatic rings.